The Bertz CT molecular complexity index is 1250. The van der Waals surface area contributed by atoms with E-state index in [0.29, 0.717) is 5.92 Å². The molecule has 1 unspecified atom stereocenters. The Balaban J connectivity index is 0.000000331. The third-order valence-electron chi connectivity index (χ3n) is 8.29. The summed E-state index contributed by atoms with van der Waals surface area (Å²) in [7, 11) is 0. The van der Waals surface area contributed by atoms with Gasteiger partial charge in [-0.1, -0.05) is 30.3 Å². The molecule has 0 amide bonds. The van der Waals surface area contributed by atoms with Crippen molar-refractivity contribution in [1.29, 1.82) is 0 Å². The van der Waals surface area contributed by atoms with Crippen molar-refractivity contribution in [3.8, 4) is 0 Å². The van der Waals surface area contributed by atoms with Gasteiger partial charge in [0.1, 0.15) is 30.0 Å². The van der Waals surface area contributed by atoms with E-state index in [4.69, 9.17) is 24.5 Å². The number of halogens is 7. The van der Waals surface area contributed by atoms with Crippen LogP contribution in [0, 0.1) is 11.7 Å². The SMILES string of the molecule is O=C(O[C@H]1C[N+]2(c3ccc(F)cc3)CCC1CC2)C(c1ccccc1)[NH+]1CCCCC1.O=C([O-])C(F)(F)F.O=C([O-])C(F)(F)F. The van der Waals surface area contributed by atoms with Crippen LogP contribution in [0.1, 0.15) is 43.7 Å². The number of rotatable bonds is 5. The standard InChI is InChI=1S/C26H32FN2O2.2C2HF3O2/c27-22-9-11-23(12-10-22)29-17-13-20(14-18-29)24(19-29)31-26(30)25(21-7-3-1-4-8-21)28-15-5-2-6-16-28;2*3-2(4,5)1(6)7/h1,3-4,7-12,20,24-25H,2,5-6,13-19H2;2*(H,6,7)/q+1;;/p-1/t20?,24-,25?,29?;;/m0../s1. The van der Waals surface area contributed by atoms with Gasteiger partial charge in [-0.25, -0.2) is 9.18 Å². The normalized spacial score (nSPS) is 23.8. The first-order valence-electron chi connectivity index (χ1n) is 14.3. The third kappa shape index (κ3) is 9.88. The number of ether oxygens (including phenoxy) is 1. The van der Waals surface area contributed by atoms with Gasteiger partial charge < -0.3 is 29.4 Å². The Morgan fingerprint density at radius 1 is 0.800 bits per heavy atom. The molecular weight excluding hydrogens is 617 g/mol. The van der Waals surface area contributed by atoms with Gasteiger partial charge >= 0.3 is 18.3 Å². The number of carbonyl (C=O) groups excluding carboxylic acids is 3. The van der Waals surface area contributed by atoms with E-state index in [2.05, 4.69) is 12.1 Å². The smallest absolute Gasteiger partial charge is 0.430 e. The number of aliphatic carboxylic acids is 2. The average molecular weight is 651 g/mol. The van der Waals surface area contributed by atoms with Crippen LogP contribution in [0.3, 0.4) is 0 Å². The fourth-order valence-electron chi connectivity index (χ4n) is 6.08. The summed E-state index contributed by atoms with van der Waals surface area (Å²) in [5, 5.41) is 17.6. The maximum absolute atomic E-state index is 13.6. The molecule has 1 N–H and O–H groups in total. The number of piperidine rings is 4. The second-order valence-electron chi connectivity index (χ2n) is 11.2. The van der Waals surface area contributed by atoms with Gasteiger partial charge in [-0.3, -0.25) is 4.48 Å². The van der Waals surface area contributed by atoms with E-state index in [1.807, 2.05) is 30.3 Å². The number of fused-ring (bicyclic) bond motifs is 3. The van der Waals surface area contributed by atoms with Gasteiger partial charge in [-0.05, 0) is 31.4 Å². The van der Waals surface area contributed by atoms with Crippen molar-refractivity contribution in [1.82, 2.24) is 4.48 Å². The summed E-state index contributed by atoms with van der Waals surface area (Å²) in [4.78, 5) is 32.5. The predicted octanol–water partition coefficient (Wildman–Crippen LogP) is 1.88. The number of carboxylic acid groups (broad SMARTS) is 2. The van der Waals surface area contributed by atoms with E-state index < -0.39 is 24.3 Å². The van der Waals surface area contributed by atoms with Gasteiger partial charge in [0.25, 0.3) is 0 Å². The molecule has 4 aliphatic heterocycles. The van der Waals surface area contributed by atoms with Crippen molar-refractivity contribution in [2.24, 2.45) is 5.92 Å². The van der Waals surface area contributed by atoms with E-state index in [-0.39, 0.29) is 23.9 Å². The molecule has 4 saturated heterocycles. The molecule has 6 rings (SSSR count). The number of hydrogen-bond acceptors (Lipinski definition) is 6. The molecule has 0 aliphatic carbocycles. The fraction of sp³-hybridized carbons (Fsp3) is 0.500. The maximum Gasteiger partial charge on any atom is 0.430 e. The minimum absolute atomic E-state index is 0.0598. The van der Waals surface area contributed by atoms with E-state index in [0.717, 1.165) is 61.3 Å². The van der Waals surface area contributed by atoms with E-state index in [1.165, 1.54) is 24.2 Å². The first-order valence-corrected chi connectivity index (χ1v) is 14.3. The molecular formula is C30H33F7N2O6. The second-order valence-corrected chi connectivity index (χ2v) is 11.2. The highest BCUT2D eigenvalue weighted by Gasteiger charge is 2.50. The molecule has 4 aliphatic rings. The van der Waals surface area contributed by atoms with Crippen LogP contribution in [-0.4, -0.2) is 69.1 Å². The zero-order chi connectivity index (χ0) is 33.4. The largest absolute Gasteiger partial charge is 0.542 e. The van der Waals surface area contributed by atoms with Crippen LogP contribution in [0.5, 0.6) is 0 Å². The second kappa shape index (κ2) is 15.0. The summed E-state index contributed by atoms with van der Waals surface area (Å²) in [5.74, 6) is -5.84. The Labute approximate surface area is 254 Å². The van der Waals surface area contributed by atoms with Crippen molar-refractivity contribution >= 4 is 23.6 Å². The summed E-state index contributed by atoms with van der Waals surface area (Å²) in [6.07, 6.45) is -4.74. The van der Waals surface area contributed by atoms with Crippen molar-refractivity contribution < 1.29 is 65.0 Å². The number of benzene rings is 2. The zero-order valence-electron chi connectivity index (χ0n) is 24.0. The summed E-state index contributed by atoms with van der Waals surface area (Å²) >= 11 is 0. The van der Waals surface area contributed by atoms with Crippen LogP contribution in [0.25, 0.3) is 0 Å². The Morgan fingerprint density at radius 2 is 1.29 bits per heavy atom. The number of nitrogens with zero attached hydrogens (tertiary/aromatic N) is 1. The van der Waals surface area contributed by atoms with Gasteiger partial charge in [0.2, 0.25) is 6.04 Å². The Kier molecular flexibility index (Phi) is 12.0. The highest BCUT2D eigenvalue weighted by molar-refractivity contribution is 5.76. The minimum Gasteiger partial charge on any atom is -0.542 e. The molecule has 45 heavy (non-hydrogen) atoms. The summed E-state index contributed by atoms with van der Waals surface area (Å²) in [5.41, 5.74) is 2.20. The lowest BCUT2D eigenvalue weighted by Gasteiger charge is -2.51. The third-order valence-corrected chi connectivity index (χ3v) is 8.29. The molecule has 0 spiro atoms. The number of hydrogen-bond donors (Lipinski definition) is 1. The lowest BCUT2D eigenvalue weighted by molar-refractivity contribution is -0.927. The molecule has 8 nitrogen and oxygen atoms in total. The maximum atomic E-state index is 13.6. The monoisotopic (exact) mass is 650 g/mol. The molecule has 4 fully saturated rings. The number of carboxylic acids is 2. The molecule has 248 valence electrons. The summed E-state index contributed by atoms with van der Waals surface area (Å²) in [6, 6.07) is 16.8. The van der Waals surface area contributed by atoms with E-state index >= 15 is 0 Å². The van der Waals surface area contributed by atoms with Gasteiger partial charge in [0.05, 0.1) is 26.2 Å². The van der Waals surface area contributed by atoms with Crippen molar-refractivity contribution in [2.45, 2.75) is 56.6 Å². The summed E-state index contributed by atoms with van der Waals surface area (Å²) in [6.45, 7) is 4.95. The first kappa shape index (κ1) is 35.8. The predicted molar refractivity (Wildman–Crippen MR) is 141 cm³/mol. The molecule has 4 heterocycles. The topological polar surface area (TPSA) is 111 Å². The number of esters is 1. The van der Waals surface area contributed by atoms with Crippen LogP contribution in [-0.2, 0) is 19.1 Å². The van der Waals surface area contributed by atoms with Crippen molar-refractivity contribution in [2.75, 3.05) is 32.7 Å². The molecule has 2 bridgehead atoms. The molecule has 0 aromatic heterocycles. The number of likely N-dealkylation sites (tertiary alicyclic amines) is 1. The van der Waals surface area contributed by atoms with Crippen LogP contribution < -0.4 is 19.6 Å². The highest BCUT2D eigenvalue weighted by atomic mass is 19.4. The molecule has 2 atom stereocenters. The molecule has 0 radical (unpaired) electrons. The van der Waals surface area contributed by atoms with Gasteiger partial charge in [0.15, 0.2) is 6.10 Å². The Hall–Kier alpha value is -3.72. The lowest BCUT2D eigenvalue weighted by atomic mass is 9.82. The Morgan fingerprint density at radius 3 is 1.76 bits per heavy atom. The molecule has 2 aromatic carbocycles. The van der Waals surface area contributed by atoms with Crippen molar-refractivity contribution in [3.05, 3.63) is 66.0 Å². The van der Waals surface area contributed by atoms with E-state index in [9.17, 15) is 35.5 Å². The molecule has 2 aromatic rings. The van der Waals surface area contributed by atoms with Crippen LogP contribution in [0.15, 0.2) is 54.6 Å². The minimum atomic E-state index is -5.19. The van der Waals surface area contributed by atoms with Crippen LogP contribution in [0.2, 0.25) is 0 Å². The van der Waals surface area contributed by atoms with Crippen LogP contribution >= 0.6 is 0 Å². The lowest BCUT2D eigenvalue weighted by Crippen LogP contribution is -3.14. The first-order chi connectivity index (χ1) is 21.0. The average Bonchev–Trinajstić information content (AvgIpc) is 2.99. The van der Waals surface area contributed by atoms with Gasteiger partial charge in [0, 0.05) is 36.5 Å². The number of alkyl halides is 6. The fourth-order valence-corrected chi connectivity index (χ4v) is 6.08. The van der Waals surface area contributed by atoms with Crippen LogP contribution in [0.4, 0.5) is 36.4 Å². The quantitative estimate of drug-likeness (QED) is 0.301. The zero-order valence-corrected chi connectivity index (χ0v) is 24.0. The van der Waals surface area contributed by atoms with Gasteiger partial charge in [-0.2, -0.15) is 26.3 Å². The molecule has 15 heteroatoms. The summed E-state index contributed by atoms with van der Waals surface area (Å²) < 4.78 is 83.7. The van der Waals surface area contributed by atoms with Gasteiger partial charge in [-0.15, -0.1) is 0 Å². The van der Waals surface area contributed by atoms with E-state index in [1.54, 1.807) is 12.1 Å². The highest BCUT2D eigenvalue weighted by Crippen LogP contribution is 2.40. The van der Waals surface area contributed by atoms with Crippen molar-refractivity contribution in [3.63, 3.8) is 0 Å². The number of nitrogens with one attached hydrogen (secondary N) is 1. The number of carbonyl (C=O) groups is 3. The number of quaternary nitrogens is 2. The molecule has 0 saturated carbocycles.